The van der Waals surface area contributed by atoms with Crippen molar-refractivity contribution >= 4 is 57.5 Å². The molecule has 2 atom stereocenters. The van der Waals surface area contributed by atoms with E-state index in [0.29, 0.717) is 45.7 Å². The third-order valence-electron chi connectivity index (χ3n) is 6.80. The molecular formula is C24H30Cl2N6O3S. The molecule has 4 rings (SSSR count). The Morgan fingerprint density at radius 2 is 1.89 bits per heavy atom. The minimum Gasteiger partial charge on any atom is -0.343 e. The van der Waals surface area contributed by atoms with Gasteiger partial charge in [0, 0.05) is 23.6 Å². The van der Waals surface area contributed by atoms with Gasteiger partial charge in [0.1, 0.15) is 22.8 Å². The summed E-state index contributed by atoms with van der Waals surface area (Å²) in [6.45, 7) is 0.610. The fraction of sp³-hybridized carbons (Fsp3) is 0.542. The fourth-order valence-electron chi connectivity index (χ4n) is 5.02. The second-order valence-electron chi connectivity index (χ2n) is 9.23. The Balaban J connectivity index is 1.50. The Morgan fingerprint density at radius 3 is 2.61 bits per heavy atom. The highest BCUT2D eigenvalue weighted by Crippen LogP contribution is 2.34. The molecular weight excluding hydrogens is 523 g/mol. The number of carbonyl (C=O) groups excluding carboxylic acids is 3. The summed E-state index contributed by atoms with van der Waals surface area (Å²) < 4.78 is 3.99. The number of carbonyl (C=O) groups is 3. The first-order valence-electron chi connectivity index (χ1n) is 12.2. The Morgan fingerprint density at radius 1 is 1.11 bits per heavy atom. The van der Waals surface area contributed by atoms with Gasteiger partial charge in [-0.25, -0.2) is 0 Å². The summed E-state index contributed by atoms with van der Waals surface area (Å²) in [7, 11) is 1.69. The lowest BCUT2D eigenvalue weighted by molar-refractivity contribution is -0.141. The van der Waals surface area contributed by atoms with Gasteiger partial charge >= 0.3 is 0 Å². The molecule has 1 aromatic heterocycles. The van der Waals surface area contributed by atoms with Crippen molar-refractivity contribution in [3.05, 3.63) is 28.2 Å². The average Bonchev–Trinajstić information content (AvgIpc) is 3.54. The van der Waals surface area contributed by atoms with Gasteiger partial charge in [0.2, 0.25) is 17.7 Å². The average molecular weight is 554 g/mol. The summed E-state index contributed by atoms with van der Waals surface area (Å²) >= 11 is 13.2. The maximum absolute atomic E-state index is 13.7. The van der Waals surface area contributed by atoms with Crippen LogP contribution in [0.25, 0.3) is 11.3 Å². The number of nitrogens with one attached hydrogen (secondary N) is 3. The van der Waals surface area contributed by atoms with Gasteiger partial charge in [-0.1, -0.05) is 53.0 Å². The number of anilines is 1. The van der Waals surface area contributed by atoms with Gasteiger partial charge < -0.3 is 20.9 Å². The minimum atomic E-state index is -0.631. The van der Waals surface area contributed by atoms with Crippen molar-refractivity contribution in [3.8, 4) is 11.3 Å². The van der Waals surface area contributed by atoms with Crippen molar-refractivity contribution in [3.63, 3.8) is 0 Å². The molecule has 0 radical (unpaired) electrons. The third-order valence-corrected chi connectivity index (χ3v) is 8.18. The molecule has 1 saturated heterocycles. The Kier molecular flexibility index (Phi) is 9.16. The first kappa shape index (κ1) is 26.8. The number of likely N-dealkylation sites (tertiary alicyclic amines) is 1. The van der Waals surface area contributed by atoms with E-state index in [1.165, 1.54) is 0 Å². The molecule has 1 aliphatic carbocycles. The molecule has 2 aliphatic rings. The van der Waals surface area contributed by atoms with E-state index in [1.807, 2.05) is 0 Å². The van der Waals surface area contributed by atoms with E-state index in [0.717, 1.165) is 43.6 Å². The van der Waals surface area contributed by atoms with Crippen LogP contribution in [0.4, 0.5) is 5.00 Å². The van der Waals surface area contributed by atoms with Gasteiger partial charge in [-0.05, 0) is 50.8 Å². The van der Waals surface area contributed by atoms with Gasteiger partial charge in [-0.15, -0.1) is 5.10 Å². The van der Waals surface area contributed by atoms with Crippen LogP contribution >= 0.6 is 34.7 Å². The van der Waals surface area contributed by atoms with Crippen LogP contribution in [0.2, 0.25) is 10.0 Å². The van der Waals surface area contributed by atoms with E-state index in [-0.39, 0.29) is 30.2 Å². The van der Waals surface area contributed by atoms with E-state index in [2.05, 4.69) is 25.5 Å². The molecule has 2 heterocycles. The molecule has 1 aromatic carbocycles. The molecule has 12 heteroatoms. The summed E-state index contributed by atoms with van der Waals surface area (Å²) in [6.07, 6.45) is 6.26. The van der Waals surface area contributed by atoms with E-state index in [9.17, 15) is 14.4 Å². The second-order valence-corrected chi connectivity index (χ2v) is 10.8. The number of hydrogen-bond acceptors (Lipinski definition) is 7. The van der Waals surface area contributed by atoms with Crippen molar-refractivity contribution in [2.24, 2.45) is 5.92 Å². The lowest BCUT2D eigenvalue weighted by atomic mass is 9.83. The minimum absolute atomic E-state index is 0.0725. The van der Waals surface area contributed by atoms with Crippen molar-refractivity contribution in [2.75, 3.05) is 25.5 Å². The molecule has 2 fully saturated rings. The maximum Gasteiger partial charge on any atom is 0.247 e. The smallest absolute Gasteiger partial charge is 0.247 e. The first-order chi connectivity index (χ1) is 17.4. The molecule has 0 unspecified atom stereocenters. The fourth-order valence-corrected chi connectivity index (χ4v) is 5.91. The van der Waals surface area contributed by atoms with Crippen LogP contribution in [0, 0.1) is 5.92 Å². The molecule has 1 aliphatic heterocycles. The van der Waals surface area contributed by atoms with Crippen LogP contribution in [0.1, 0.15) is 44.9 Å². The van der Waals surface area contributed by atoms with Gasteiger partial charge in [0.15, 0.2) is 0 Å². The molecule has 1 saturated carbocycles. The number of rotatable bonds is 8. The number of nitrogens with zero attached hydrogens (tertiary/aromatic N) is 3. The van der Waals surface area contributed by atoms with Crippen LogP contribution in [-0.4, -0.2) is 64.4 Å². The molecule has 0 bridgehead atoms. The summed E-state index contributed by atoms with van der Waals surface area (Å²) in [5.74, 6) is -0.625. The van der Waals surface area contributed by atoms with E-state index < -0.39 is 12.1 Å². The molecule has 2 aromatic rings. The van der Waals surface area contributed by atoms with Crippen LogP contribution in [0.3, 0.4) is 0 Å². The molecule has 0 spiro atoms. The Labute approximate surface area is 224 Å². The Bertz CT molecular complexity index is 1110. The van der Waals surface area contributed by atoms with Crippen LogP contribution < -0.4 is 16.0 Å². The third kappa shape index (κ3) is 6.16. The first-order valence-corrected chi connectivity index (χ1v) is 13.7. The normalized spacial score (nSPS) is 19.2. The van der Waals surface area contributed by atoms with E-state index in [4.69, 9.17) is 23.2 Å². The van der Waals surface area contributed by atoms with Crippen molar-refractivity contribution in [2.45, 2.75) is 57.0 Å². The number of likely N-dealkylation sites (N-methyl/N-ethyl adjacent to an activating group) is 1. The maximum atomic E-state index is 13.7. The SMILES string of the molecule is CNCC(=O)N[C@H](C(=O)N1CCC[C@H]1C(=O)Nc1snnc1-c1ccc(Cl)c(Cl)c1)C1CCCCC1. The largest absolute Gasteiger partial charge is 0.343 e. The monoisotopic (exact) mass is 552 g/mol. The van der Waals surface area contributed by atoms with Gasteiger partial charge in [0.25, 0.3) is 0 Å². The topological polar surface area (TPSA) is 116 Å². The molecule has 36 heavy (non-hydrogen) atoms. The lowest BCUT2D eigenvalue weighted by Gasteiger charge is -2.34. The molecule has 3 amide bonds. The zero-order valence-corrected chi connectivity index (χ0v) is 22.4. The highest BCUT2D eigenvalue weighted by molar-refractivity contribution is 7.10. The summed E-state index contributed by atoms with van der Waals surface area (Å²) in [5, 5.41) is 14.1. The number of benzene rings is 1. The predicted octanol–water partition coefficient (Wildman–Crippen LogP) is 3.73. The van der Waals surface area contributed by atoms with Gasteiger partial charge in [0.05, 0.1) is 16.6 Å². The number of amides is 3. The van der Waals surface area contributed by atoms with Crippen LogP contribution in [0.15, 0.2) is 18.2 Å². The molecule has 9 nitrogen and oxygen atoms in total. The van der Waals surface area contributed by atoms with E-state index >= 15 is 0 Å². The number of halogens is 2. The summed E-state index contributed by atoms with van der Waals surface area (Å²) in [5.41, 5.74) is 1.17. The number of hydrogen-bond donors (Lipinski definition) is 3. The summed E-state index contributed by atoms with van der Waals surface area (Å²) in [6, 6.07) is 3.83. The quantitative estimate of drug-likeness (QED) is 0.459. The van der Waals surface area contributed by atoms with Crippen LogP contribution in [-0.2, 0) is 14.4 Å². The standard InChI is InChI=1S/C24H30Cl2N6O3S/c1-27-13-19(33)28-21(14-6-3-2-4-7-14)24(35)32-11-5-8-18(32)22(34)29-23-20(30-31-36-23)15-9-10-16(25)17(26)12-15/h9-10,12,14,18,21,27H,2-8,11,13H2,1H3,(H,28,33)(H,29,34)/t18-,21-/m0/s1. The lowest BCUT2D eigenvalue weighted by Crippen LogP contribution is -2.56. The van der Waals surface area contributed by atoms with Gasteiger partial charge in [-0.3, -0.25) is 14.4 Å². The van der Waals surface area contributed by atoms with Crippen molar-refractivity contribution in [1.82, 2.24) is 25.1 Å². The Hall–Kier alpha value is -2.27. The van der Waals surface area contributed by atoms with Crippen LogP contribution in [0.5, 0.6) is 0 Å². The highest BCUT2D eigenvalue weighted by atomic mass is 35.5. The summed E-state index contributed by atoms with van der Waals surface area (Å²) in [4.78, 5) is 41.1. The zero-order chi connectivity index (χ0) is 25.7. The van der Waals surface area contributed by atoms with E-state index in [1.54, 1.807) is 30.1 Å². The van der Waals surface area contributed by atoms with Crippen molar-refractivity contribution < 1.29 is 14.4 Å². The second kappa shape index (κ2) is 12.3. The predicted molar refractivity (Wildman–Crippen MR) is 141 cm³/mol. The highest BCUT2D eigenvalue weighted by Gasteiger charge is 2.41. The van der Waals surface area contributed by atoms with Gasteiger partial charge in [-0.2, -0.15) is 0 Å². The zero-order valence-electron chi connectivity index (χ0n) is 20.1. The molecule has 3 N–H and O–H groups in total. The number of aromatic nitrogens is 2. The molecule has 194 valence electrons. The van der Waals surface area contributed by atoms with Crippen molar-refractivity contribution in [1.29, 1.82) is 0 Å².